The molecule has 0 aromatic carbocycles. The van der Waals surface area contributed by atoms with Gasteiger partial charge in [-0.05, 0) is 33.3 Å². The van der Waals surface area contributed by atoms with Gasteiger partial charge in [-0.2, -0.15) is 0 Å². The van der Waals surface area contributed by atoms with Gasteiger partial charge >= 0.3 is 0 Å². The molecule has 0 aliphatic carbocycles. The van der Waals surface area contributed by atoms with Crippen LogP contribution in [-0.4, -0.2) is 40.0 Å². The van der Waals surface area contributed by atoms with E-state index in [1.807, 2.05) is 0 Å². The Hall–Kier alpha value is -1.24. The van der Waals surface area contributed by atoms with Crippen molar-refractivity contribution in [3.05, 3.63) is 16.3 Å². The van der Waals surface area contributed by atoms with Crippen LogP contribution >= 0.6 is 11.3 Å². The molecule has 21 heavy (non-hydrogen) atoms. The molecule has 1 fully saturated rings. The zero-order valence-corrected chi connectivity index (χ0v) is 13.9. The van der Waals surface area contributed by atoms with E-state index < -0.39 is 0 Å². The quantitative estimate of drug-likeness (QED) is 0.889. The molecule has 1 aliphatic rings. The molecule has 3 N–H and O–H groups in total. The minimum Gasteiger partial charge on any atom is -0.383 e. The number of nitrogen functional groups attached to an aromatic ring is 1. The standard InChI is InChI=1S/C15H23N5S/c1-8-5-17-6-9(2)20(8)7-12-18-14(16)13-10(3)11(4)21-15(13)19-12/h8-9,17H,5-7H2,1-4H3,(H2,16,18,19). The number of nitrogens with zero attached hydrogens (tertiary/aromatic N) is 3. The highest BCUT2D eigenvalue weighted by atomic mass is 32.1. The van der Waals surface area contributed by atoms with Gasteiger partial charge in [0.05, 0.1) is 11.9 Å². The second-order valence-electron chi connectivity index (χ2n) is 6.02. The largest absolute Gasteiger partial charge is 0.383 e. The third-order valence-electron chi connectivity index (χ3n) is 4.44. The van der Waals surface area contributed by atoms with E-state index in [1.165, 1.54) is 10.4 Å². The molecule has 1 aliphatic heterocycles. The molecule has 3 heterocycles. The van der Waals surface area contributed by atoms with Gasteiger partial charge in [0.1, 0.15) is 16.5 Å². The van der Waals surface area contributed by atoms with E-state index in [4.69, 9.17) is 10.7 Å². The molecule has 6 heteroatoms. The Morgan fingerprint density at radius 1 is 1.24 bits per heavy atom. The predicted octanol–water partition coefficient (Wildman–Crippen LogP) is 2.07. The number of aryl methyl sites for hydroxylation is 2. The van der Waals surface area contributed by atoms with Crippen molar-refractivity contribution in [1.82, 2.24) is 20.2 Å². The Bertz CT molecular complexity index is 656. The molecule has 114 valence electrons. The number of nitrogens with two attached hydrogens (primary N) is 1. The molecular weight excluding hydrogens is 282 g/mol. The van der Waals surface area contributed by atoms with Gasteiger partial charge in [0.2, 0.25) is 0 Å². The lowest BCUT2D eigenvalue weighted by molar-refractivity contribution is 0.106. The van der Waals surface area contributed by atoms with E-state index in [-0.39, 0.29) is 0 Å². The summed E-state index contributed by atoms with van der Waals surface area (Å²) < 4.78 is 0. The summed E-state index contributed by atoms with van der Waals surface area (Å²) in [6.07, 6.45) is 0. The fourth-order valence-electron chi connectivity index (χ4n) is 3.04. The summed E-state index contributed by atoms with van der Waals surface area (Å²) in [6, 6.07) is 0.974. The molecule has 2 aromatic heterocycles. The first-order valence-corrected chi connectivity index (χ1v) is 8.27. The van der Waals surface area contributed by atoms with Crippen LogP contribution in [0.4, 0.5) is 5.82 Å². The first-order valence-electron chi connectivity index (χ1n) is 7.46. The number of anilines is 1. The summed E-state index contributed by atoms with van der Waals surface area (Å²) in [4.78, 5) is 14.0. The molecule has 0 bridgehead atoms. The van der Waals surface area contributed by atoms with Gasteiger partial charge in [0.25, 0.3) is 0 Å². The number of piperazine rings is 1. The van der Waals surface area contributed by atoms with Gasteiger partial charge in [0.15, 0.2) is 0 Å². The van der Waals surface area contributed by atoms with Gasteiger partial charge < -0.3 is 11.1 Å². The van der Waals surface area contributed by atoms with Crippen LogP contribution in [0.3, 0.4) is 0 Å². The summed E-state index contributed by atoms with van der Waals surface area (Å²) in [6.45, 7) is 11.5. The number of nitrogens with one attached hydrogen (secondary N) is 1. The average Bonchev–Trinajstić information content (AvgIpc) is 2.70. The van der Waals surface area contributed by atoms with Gasteiger partial charge in [-0.1, -0.05) is 0 Å². The van der Waals surface area contributed by atoms with Crippen molar-refractivity contribution < 1.29 is 0 Å². The van der Waals surface area contributed by atoms with Crippen LogP contribution in [0.2, 0.25) is 0 Å². The SMILES string of the molecule is Cc1sc2nc(CN3C(C)CNCC3C)nc(N)c2c1C. The van der Waals surface area contributed by atoms with E-state index >= 15 is 0 Å². The number of hydrogen-bond acceptors (Lipinski definition) is 6. The van der Waals surface area contributed by atoms with Crippen molar-refractivity contribution in [2.75, 3.05) is 18.8 Å². The number of thiophene rings is 1. The van der Waals surface area contributed by atoms with Gasteiger partial charge in [-0.25, -0.2) is 9.97 Å². The maximum Gasteiger partial charge on any atom is 0.146 e. The van der Waals surface area contributed by atoms with Crippen molar-refractivity contribution in [3.8, 4) is 0 Å². The van der Waals surface area contributed by atoms with E-state index in [2.05, 4.69) is 42.9 Å². The fraction of sp³-hybridized carbons (Fsp3) is 0.600. The molecule has 2 atom stereocenters. The highest BCUT2D eigenvalue weighted by Crippen LogP contribution is 2.32. The molecule has 2 unspecified atom stereocenters. The second kappa shape index (κ2) is 5.51. The molecule has 0 saturated carbocycles. The van der Waals surface area contributed by atoms with Crippen LogP contribution in [0.25, 0.3) is 10.2 Å². The molecular formula is C15H23N5S. The van der Waals surface area contributed by atoms with Crippen molar-refractivity contribution in [3.63, 3.8) is 0 Å². The lowest BCUT2D eigenvalue weighted by Gasteiger charge is -2.38. The van der Waals surface area contributed by atoms with Crippen molar-refractivity contribution in [2.24, 2.45) is 0 Å². The van der Waals surface area contributed by atoms with Crippen LogP contribution < -0.4 is 11.1 Å². The third kappa shape index (κ3) is 2.63. The minimum absolute atomic E-state index is 0.487. The molecule has 5 nitrogen and oxygen atoms in total. The second-order valence-corrected chi connectivity index (χ2v) is 7.22. The minimum atomic E-state index is 0.487. The highest BCUT2D eigenvalue weighted by molar-refractivity contribution is 7.18. The Kier molecular flexibility index (Phi) is 3.86. The topological polar surface area (TPSA) is 67.1 Å². The summed E-state index contributed by atoms with van der Waals surface area (Å²) >= 11 is 1.71. The Labute approximate surface area is 129 Å². The Morgan fingerprint density at radius 2 is 1.90 bits per heavy atom. The smallest absolute Gasteiger partial charge is 0.146 e. The number of hydrogen-bond donors (Lipinski definition) is 2. The van der Waals surface area contributed by atoms with Crippen LogP contribution in [0.1, 0.15) is 30.1 Å². The third-order valence-corrected chi connectivity index (χ3v) is 5.54. The maximum atomic E-state index is 6.17. The van der Waals surface area contributed by atoms with E-state index in [9.17, 15) is 0 Å². The van der Waals surface area contributed by atoms with Crippen molar-refractivity contribution in [1.29, 1.82) is 0 Å². The Balaban J connectivity index is 1.94. The lowest BCUT2D eigenvalue weighted by Crippen LogP contribution is -2.54. The average molecular weight is 305 g/mol. The first-order chi connectivity index (χ1) is 9.97. The maximum absolute atomic E-state index is 6.17. The Morgan fingerprint density at radius 3 is 2.57 bits per heavy atom. The van der Waals surface area contributed by atoms with Gasteiger partial charge in [-0.3, -0.25) is 4.90 Å². The molecule has 0 radical (unpaired) electrons. The zero-order chi connectivity index (χ0) is 15.1. The summed E-state index contributed by atoms with van der Waals surface area (Å²) in [5.74, 6) is 1.45. The molecule has 2 aromatic rings. The van der Waals surface area contributed by atoms with Crippen LogP contribution in [-0.2, 0) is 6.54 Å². The van der Waals surface area contributed by atoms with Crippen molar-refractivity contribution >= 4 is 27.4 Å². The number of aromatic nitrogens is 2. The summed E-state index contributed by atoms with van der Waals surface area (Å²) in [5, 5.41) is 4.48. The predicted molar refractivity (Wildman–Crippen MR) is 88.6 cm³/mol. The first kappa shape index (κ1) is 14.7. The fourth-order valence-corrected chi connectivity index (χ4v) is 4.10. The monoisotopic (exact) mass is 305 g/mol. The number of fused-ring (bicyclic) bond motifs is 1. The number of rotatable bonds is 2. The van der Waals surface area contributed by atoms with E-state index in [0.717, 1.165) is 35.7 Å². The lowest BCUT2D eigenvalue weighted by atomic mass is 10.1. The zero-order valence-electron chi connectivity index (χ0n) is 13.1. The summed E-state index contributed by atoms with van der Waals surface area (Å²) in [5.41, 5.74) is 7.38. The van der Waals surface area contributed by atoms with Crippen LogP contribution in [0.15, 0.2) is 0 Å². The van der Waals surface area contributed by atoms with Crippen LogP contribution in [0, 0.1) is 13.8 Å². The molecule has 3 rings (SSSR count). The normalized spacial score (nSPS) is 23.8. The van der Waals surface area contributed by atoms with Crippen LogP contribution in [0.5, 0.6) is 0 Å². The van der Waals surface area contributed by atoms with Gasteiger partial charge in [0, 0.05) is 30.1 Å². The molecule has 0 spiro atoms. The molecule has 0 amide bonds. The molecule has 1 saturated heterocycles. The summed E-state index contributed by atoms with van der Waals surface area (Å²) in [7, 11) is 0. The van der Waals surface area contributed by atoms with E-state index in [1.54, 1.807) is 11.3 Å². The van der Waals surface area contributed by atoms with E-state index in [0.29, 0.717) is 17.9 Å². The van der Waals surface area contributed by atoms with Crippen molar-refractivity contribution in [2.45, 2.75) is 46.3 Å². The highest BCUT2D eigenvalue weighted by Gasteiger charge is 2.25. The van der Waals surface area contributed by atoms with Gasteiger partial charge in [-0.15, -0.1) is 11.3 Å².